The van der Waals surface area contributed by atoms with E-state index in [1.807, 2.05) is 71.4 Å². The smallest absolute Gasteiger partial charge is 0.220 e. The zero-order chi connectivity index (χ0) is 21.4. The number of benzene rings is 1. The number of hydrogen-bond donors (Lipinski definition) is 1. The third-order valence-corrected chi connectivity index (χ3v) is 5.68. The summed E-state index contributed by atoms with van der Waals surface area (Å²) >= 11 is 0. The van der Waals surface area contributed by atoms with E-state index in [2.05, 4.69) is 20.6 Å². The van der Waals surface area contributed by atoms with E-state index in [0.29, 0.717) is 25.8 Å². The second-order valence-corrected chi connectivity index (χ2v) is 7.66. The summed E-state index contributed by atoms with van der Waals surface area (Å²) in [6.07, 6.45) is 3.58. The van der Waals surface area contributed by atoms with Crippen LogP contribution >= 0.6 is 0 Å². The van der Waals surface area contributed by atoms with Gasteiger partial charge in [-0.25, -0.2) is 9.50 Å². The van der Waals surface area contributed by atoms with Gasteiger partial charge < -0.3 is 5.32 Å². The van der Waals surface area contributed by atoms with Crippen LogP contribution in [0.25, 0.3) is 22.2 Å². The SMILES string of the molecule is Cc1nc2c3ccccc3nn2c(C)c1CCC(=O)NCCc1nnc2ccccn12. The molecule has 8 nitrogen and oxygen atoms in total. The lowest BCUT2D eigenvalue weighted by Crippen LogP contribution is -2.26. The monoisotopic (exact) mass is 413 g/mol. The van der Waals surface area contributed by atoms with Gasteiger partial charge in [-0.3, -0.25) is 9.20 Å². The van der Waals surface area contributed by atoms with E-state index >= 15 is 0 Å². The number of amides is 1. The number of aromatic nitrogens is 6. The Balaban J connectivity index is 1.25. The van der Waals surface area contributed by atoms with Gasteiger partial charge in [0.05, 0.1) is 5.52 Å². The highest BCUT2D eigenvalue weighted by Crippen LogP contribution is 2.22. The fourth-order valence-corrected chi connectivity index (χ4v) is 4.04. The first-order valence-corrected chi connectivity index (χ1v) is 10.4. The Hall–Kier alpha value is -3.81. The zero-order valence-corrected chi connectivity index (χ0v) is 17.5. The van der Waals surface area contributed by atoms with E-state index in [9.17, 15) is 4.79 Å². The fourth-order valence-electron chi connectivity index (χ4n) is 4.04. The van der Waals surface area contributed by atoms with Crippen LogP contribution in [0, 0.1) is 13.8 Å². The number of hydrogen-bond acceptors (Lipinski definition) is 5. The molecule has 4 aromatic heterocycles. The summed E-state index contributed by atoms with van der Waals surface area (Å²) in [5.74, 6) is 0.848. The van der Waals surface area contributed by atoms with Gasteiger partial charge in [0.1, 0.15) is 5.82 Å². The normalized spacial score (nSPS) is 11.5. The quantitative estimate of drug-likeness (QED) is 0.462. The number of nitrogens with zero attached hydrogens (tertiary/aromatic N) is 6. The molecule has 0 spiro atoms. The Labute approximate surface area is 178 Å². The third-order valence-electron chi connectivity index (χ3n) is 5.68. The van der Waals surface area contributed by atoms with Gasteiger partial charge in [-0.15, -0.1) is 10.2 Å². The molecule has 0 atom stereocenters. The summed E-state index contributed by atoms with van der Waals surface area (Å²) in [4.78, 5) is 17.2. The van der Waals surface area contributed by atoms with Gasteiger partial charge in [0.15, 0.2) is 11.3 Å². The lowest BCUT2D eigenvalue weighted by atomic mass is 10.1. The lowest BCUT2D eigenvalue weighted by molar-refractivity contribution is -0.121. The molecule has 1 amide bonds. The van der Waals surface area contributed by atoms with Crippen molar-refractivity contribution in [3.8, 4) is 0 Å². The molecule has 5 aromatic rings. The highest BCUT2D eigenvalue weighted by atomic mass is 16.1. The minimum atomic E-state index is 0.0124. The third kappa shape index (κ3) is 3.50. The van der Waals surface area contributed by atoms with Crippen molar-refractivity contribution >= 4 is 28.1 Å². The van der Waals surface area contributed by atoms with Crippen LogP contribution in [-0.4, -0.2) is 41.6 Å². The number of carbonyl (C=O) groups excluding carboxylic acids is 1. The molecule has 1 N–H and O–H groups in total. The molecule has 0 aliphatic rings. The van der Waals surface area contributed by atoms with Crippen LogP contribution in [0.1, 0.15) is 29.2 Å². The molecule has 1 aromatic carbocycles. The molecule has 0 aliphatic carbocycles. The van der Waals surface area contributed by atoms with Crippen molar-refractivity contribution in [1.82, 2.24) is 34.5 Å². The van der Waals surface area contributed by atoms with Crippen molar-refractivity contribution in [2.24, 2.45) is 0 Å². The molecule has 0 radical (unpaired) electrons. The van der Waals surface area contributed by atoms with Crippen LogP contribution in [0.3, 0.4) is 0 Å². The summed E-state index contributed by atoms with van der Waals surface area (Å²) in [5, 5.41) is 17.1. The van der Waals surface area contributed by atoms with Gasteiger partial charge >= 0.3 is 0 Å². The van der Waals surface area contributed by atoms with Crippen LogP contribution < -0.4 is 5.32 Å². The molecular formula is C23H23N7O. The second-order valence-electron chi connectivity index (χ2n) is 7.66. The lowest BCUT2D eigenvalue weighted by Gasteiger charge is -2.11. The molecule has 31 heavy (non-hydrogen) atoms. The van der Waals surface area contributed by atoms with Crippen molar-refractivity contribution in [3.05, 3.63) is 71.4 Å². The Morgan fingerprint density at radius 2 is 1.87 bits per heavy atom. The Morgan fingerprint density at radius 1 is 1.03 bits per heavy atom. The molecule has 156 valence electrons. The Bertz CT molecular complexity index is 1420. The molecule has 0 bridgehead atoms. The number of nitrogens with one attached hydrogen (secondary N) is 1. The summed E-state index contributed by atoms with van der Waals surface area (Å²) in [7, 11) is 0. The Kier molecular flexibility index (Phi) is 4.82. The molecule has 0 unspecified atom stereocenters. The average molecular weight is 413 g/mol. The van der Waals surface area contributed by atoms with E-state index in [1.54, 1.807) is 0 Å². The van der Waals surface area contributed by atoms with Crippen molar-refractivity contribution in [3.63, 3.8) is 0 Å². The highest BCUT2D eigenvalue weighted by molar-refractivity contribution is 5.92. The van der Waals surface area contributed by atoms with Crippen molar-refractivity contribution in [2.75, 3.05) is 6.54 Å². The molecular weight excluding hydrogens is 390 g/mol. The minimum Gasteiger partial charge on any atom is -0.356 e. The number of pyridine rings is 1. The maximum absolute atomic E-state index is 12.4. The van der Waals surface area contributed by atoms with Gasteiger partial charge in [0, 0.05) is 42.4 Å². The summed E-state index contributed by atoms with van der Waals surface area (Å²) < 4.78 is 3.83. The van der Waals surface area contributed by atoms with Gasteiger partial charge in [0.25, 0.3) is 0 Å². The molecule has 4 heterocycles. The topological polar surface area (TPSA) is 89.5 Å². The predicted molar refractivity (Wildman–Crippen MR) is 118 cm³/mol. The molecule has 8 heteroatoms. The molecule has 5 rings (SSSR count). The number of carbonyl (C=O) groups is 1. The maximum Gasteiger partial charge on any atom is 0.220 e. The van der Waals surface area contributed by atoms with Crippen LogP contribution in [0.4, 0.5) is 0 Å². The Morgan fingerprint density at radius 3 is 2.77 bits per heavy atom. The van der Waals surface area contributed by atoms with Gasteiger partial charge in [-0.05, 0) is 50.1 Å². The van der Waals surface area contributed by atoms with Crippen molar-refractivity contribution in [2.45, 2.75) is 33.1 Å². The highest BCUT2D eigenvalue weighted by Gasteiger charge is 2.15. The molecule has 0 fully saturated rings. The van der Waals surface area contributed by atoms with Crippen molar-refractivity contribution < 1.29 is 4.79 Å². The first-order chi connectivity index (χ1) is 15.1. The van der Waals surface area contributed by atoms with Gasteiger partial charge in [0.2, 0.25) is 5.91 Å². The molecule has 0 aliphatic heterocycles. The van der Waals surface area contributed by atoms with E-state index in [0.717, 1.165) is 45.0 Å². The zero-order valence-electron chi connectivity index (χ0n) is 17.5. The summed E-state index contributed by atoms with van der Waals surface area (Å²) in [5.41, 5.74) is 5.63. The second kappa shape index (κ2) is 7.79. The van der Waals surface area contributed by atoms with E-state index in [4.69, 9.17) is 4.98 Å². The number of fused-ring (bicyclic) bond motifs is 4. The standard InChI is InChI=1S/C23H23N7O/c1-15-17(16(2)30-23(25-15)18-7-3-4-8-19(18)28-30)10-11-22(31)24-13-12-21-27-26-20-9-5-6-14-29(20)21/h3-9,14H,10-13H2,1-2H3,(H,24,31). The van der Waals surface area contributed by atoms with Gasteiger partial charge in [-0.1, -0.05) is 18.2 Å². The van der Waals surface area contributed by atoms with E-state index in [1.165, 1.54) is 0 Å². The van der Waals surface area contributed by atoms with Crippen LogP contribution in [0.15, 0.2) is 48.7 Å². The maximum atomic E-state index is 12.4. The van der Waals surface area contributed by atoms with Gasteiger partial charge in [-0.2, -0.15) is 5.10 Å². The number of aryl methyl sites for hydroxylation is 2. The first-order valence-electron chi connectivity index (χ1n) is 10.4. The van der Waals surface area contributed by atoms with E-state index in [-0.39, 0.29) is 5.91 Å². The molecule has 0 saturated heterocycles. The van der Waals surface area contributed by atoms with Crippen LogP contribution in [-0.2, 0) is 17.6 Å². The summed E-state index contributed by atoms with van der Waals surface area (Å²) in [6, 6.07) is 13.8. The van der Waals surface area contributed by atoms with Crippen molar-refractivity contribution in [1.29, 1.82) is 0 Å². The number of rotatable bonds is 6. The predicted octanol–water partition coefficient (Wildman–Crippen LogP) is 2.83. The first kappa shape index (κ1) is 19.2. The van der Waals surface area contributed by atoms with E-state index < -0.39 is 0 Å². The minimum absolute atomic E-state index is 0.0124. The fraction of sp³-hybridized carbons (Fsp3) is 0.261. The molecule has 0 saturated carbocycles. The average Bonchev–Trinajstić information content (AvgIpc) is 3.36. The largest absolute Gasteiger partial charge is 0.356 e. The van der Waals surface area contributed by atoms with Crippen LogP contribution in [0.5, 0.6) is 0 Å². The van der Waals surface area contributed by atoms with Crippen LogP contribution in [0.2, 0.25) is 0 Å². The summed E-state index contributed by atoms with van der Waals surface area (Å²) in [6.45, 7) is 4.56.